The first-order valence-corrected chi connectivity index (χ1v) is 6.78. The Morgan fingerprint density at radius 3 is 2.57 bits per heavy atom. The standard InChI is InChI=1S/C15H22N2O4/c1-5-21-15(3,4)9-16-14(20)17-11-7-6-10(2)12(8-11)13(18)19/h6-8H,5,9H2,1-4H3,(H,18,19)(H2,16,17,20). The van der Waals surface area contributed by atoms with E-state index >= 15 is 0 Å². The number of benzene rings is 1. The lowest BCUT2D eigenvalue weighted by Gasteiger charge is -2.24. The lowest BCUT2D eigenvalue weighted by molar-refractivity contribution is -0.00663. The van der Waals surface area contributed by atoms with E-state index in [-0.39, 0.29) is 5.56 Å². The topological polar surface area (TPSA) is 87.7 Å². The molecule has 0 saturated carbocycles. The van der Waals surface area contributed by atoms with Gasteiger partial charge in [-0.25, -0.2) is 9.59 Å². The Bertz CT molecular complexity index is 526. The van der Waals surface area contributed by atoms with E-state index in [1.165, 1.54) is 6.07 Å². The zero-order valence-corrected chi connectivity index (χ0v) is 12.8. The van der Waals surface area contributed by atoms with E-state index in [2.05, 4.69) is 10.6 Å². The van der Waals surface area contributed by atoms with Crippen LogP contribution in [0.1, 0.15) is 36.7 Å². The van der Waals surface area contributed by atoms with Crippen LogP contribution in [0.15, 0.2) is 18.2 Å². The molecule has 0 radical (unpaired) electrons. The monoisotopic (exact) mass is 294 g/mol. The van der Waals surface area contributed by atoms with Crippen LogP contribution in [0.25, 0.3) is 0 Å². The van der Waals surface area contributed by atoms with Crippen molar-refractivity contribution in [2.75, 3.05) is 18.5 Å². The van der Waals surface area contributed by atoms with Crippen LogP contribution in [0.2, 0.25) is 0 Å². The van der Waals surface area contributed by atoms with Gasteiger partial charge >= 0.3 is 12.0 Å². The second-order valence-corrected chi connectivity index (χ2v) is 5.34. The number of carboxylic acids is 1. The number of carboxylic acid groups (broad SMARTS) is 1. The van der Waals surface area contributed by atoms with E-state index in [0.29, 0.717) is 24.4 Å². The third-order valence-corrected chi connectivity index (χ3v) is 2.94. The summed E-state index contributed by atoms with van der Waals surface area (Å²) >= 11 is 0. The Kier molecular flexibility index (Phi) is 5.72. The summed E-state index contributed by atoms with van der Waals surface area (Å²) in [5.74, 6) is -1.02. The van der Waals surface area contributed by atoms with E-state index in [4.69, 9.17) is 9.84 Å². The molecular formula is C15H22N2O4. The average molecular weight is 294 g/mol. The molecule has 116 valence electrons. The van der Waals surface area contributed by atoms with Crippen molar-refractivity contribution in [1.82, 2.24) is 5.32 Å². The fraction of sp³-hybridized carbons (Fsp3) is 0.467. The Hall–Kier alpha value is -2.08. The van der Waals surface area contributed by atoms with E-state index < -0.39 is 17.6 Å². The zero-order valence-electron chi connectivity index (χ0n) is 12.8. The number of carbonyl (C=O) groups excluding carboxylic acids is 1. The number of aryl methyl sites for hydroxylation is 1. The number of amides is 2. The first-order valence-electron chi connectivity index (χ1n) is 6.78. The zero-order chi connectivity index (χ0) is 16.0. The fourth-order valence-electron chi connectivity index (χ4n) is 1.84. The highest BCUT2D eigenvalue weighted by Gasteiger charge is 2.18. The molecule has 0 atom stereocenters. The Balaban J connectivity index is 2.63. The van der Waals surface area contributed by atoms with Crippen LogP contribution in [-0.2, 0) is 4.74 Å². The minimum Gasteiger partial charge on any atom is -0.478 e. The first kappa shape index (κ1) is 17.0. The highest BCUT2D eigenvalue weighted by atomic mass is 16.5. The molecule has 3 N–H and O–H groups in total. The van der Waals surface area contributed by atoms with Crippen molar-refractivity contribution in [3.05, 3.63) is 29.3 Å². The van der Waals surface area contributed by atoms with Gasteiger partial charge in [0.15, 0.2) is 0 Å². The molecule has 0 aliphatic heterocycles. The highest BCUT2D eigenvalue weighted by Crippen LogP contribution is 2.15. The van der Waals surface area contributed by atoms with Gasteiger partial charge in [0.05, 0.1) is 11.2 Å². The van der Waals surface area contributed by atoms with Crippen molar-refractivity contribution < 1.29 is 19.4 Å². The van der Waals surface area contributed by atoms with Crippen molar-refractivity contribution >= 4 is 17.7 Å². The van der Waals surface area contributed by atoms with Gasteiger partial charge in [-0.1, -0.05) is 6.07 Å². The summed E-state index contributed by atoms with van der Waals surface area (Å²) in [5.41, 5.74) is 0.795. The molecular weight excluding hydrogens is 272 g/mol. The number of anilines is 1. The van der Waals surface area contributed by atoms with Crippen LogP contribution >= 0.6 is 0 Å². The van der Waals surface area contributed by atoms with Crippen molar-refractivity contribution in [2.45, 2.75) is 33.3 Å². The second kappa shape index (κ2) is 7.08. The van der Waals surface area contributed by atoms with Gasteiger partial charge in [0.2, 0.25) is 0 Å². The van der Waals surface area contributed by atoms with E-state index in [9.17, 15) is 9.59 Å². The van der Waals surface area contributed by atoms with Crippen LogP contribution in [0, 0.1) is 6.92 Å². The Morgan fingerprint density at radius 2 is 2.00 bits per heavy atom. The minimum atomic E-state index is -1.02. The summed E-state index contributed by atoms with van der Waals surface area (Å²) in [6.45, 7) is 8.27. The minimum absolute atomic E-state index is 0.169. The molecule has 0 saturated heterocycles. The number of nitrogens with one attached hydrogen (secondary N) is 2. The number of rotatable bonds is 6. The van der Waals surface area contributed by atoms with Crippen LogP contribution in [0.3, 0.4) is 0 Å². The van der Waals surface area contributed by atoms with Gasteiger partial charge in [-0.05, 0) is 45.4 Å². The van der Waals surface area contributed by atoms with E-state index in [0.717, 1.165) is 0 Å². The molecule has 21 heavy (non-hydrogen) atoms. The molecule has 6 nitrogen and oxygen atoms in total. The van der Waals surface area contributed by atoms with Gasteiger partial charge in [0.25, 0.3) is 0 Å². The lowest BCUT2D eigenvalue weighted by atomic mass is 10.1. The number of hydrogen-bond donors (Lipinski definition) is 3. The molecule has 2 amide bonds. The van der Waals surface area contributed by atoms with E-state index in [1.54, 1.807) is 19.1 Å². The number of hydrogen-bond acceptors (Lipinski definition) is 3. The fourth-order valence-corrected chi connectivity index (χ4v) is 1.84. The maximum atomic E-state index is 11.8. The summed E-state index contributed by atoms with van der Waals surface area (Å²) in [6, 6.07) is 4.35. The van der Waals surface area contributed by atoms with Crippen LogP contribution < -0.4 is 10.6 Å². The van der Waals surface area contributed by atoms with Crippen LogP contribution in [-0.4, -0.2) is 35.9 Å². The highest BCUT2D eigenvalue weighted by molar-refractivity contribution is 5.94. The predicted molar refractivity (Wildman–Crippen MR) is 80.9 cm³/mol. The molecule has 6 heteroatoms. The molecule has 1 aromatic rings. The molecule has 0 bridgehead atoms. The first-order chi connectivity index (χ1) is 9.75. The number of urea groups is 1. The van der Waals surface area contributed by atoms with Gasteiger partial charge in [0, 0.05) is 18.8 Å². The third kappa shape index (κ3) is 5.43. The van der Waals surface area contributed by atoms with Crippen molar-refractivity contribution in [1.29, 1.82) is 0 Å². The summed E-state index contributed by atoms with van der Waals surface area (Å²) in [6.07, 6.45) is 0. The summed E-state index contributed by atoms with van der Waals surface area (Å²) in [5, 5.41) is 14.4. The molecule has 0 aromatic heterocycles. The van der Waals surface area contributed by atoms with Crippen molar-refractivity contribution in [3.63, 3.8) is 0 Å². The SMILES string of the molecule is CCOC(C)(C)CNC(=O)Nc1ccc(C)c(C(=O)O)c1. The van der Waals surface area contributed by atoms with Gasteiger partial charge in [-0.3, -0.25) is 0 Å². The molecule has 0 unspecified atom stereocenters. The molecule has 0 heterocycles. The van der Waals surface area contributed by atoms with Crippen molar-refractivity contribution in [3.8, 4) is 0 Å². The quantitative estimate of drug-likeness (QED) is 0.752. The molecule has 0 fully saturated rings. The number of aromatic carboxylic acids is 1. The normalized spacial score (nSPS) is 11.0. The molecule has 0 spiro atoms. The van der Waals surface area contributed by atoms with Gasteiger partial charge in [-0.2, -0.15) is 0 Å². The largest absolute Gasteiger partial charge is 0.478 e. The van der Waals surface area contributed by atoms with E-state index in [1.807, 2.05) is 20.8 Å². The number of ether oxygens (including phenoxy) is 1. The van der Waals surface area contributed by atoms with Crippen molar-refractivity contribution in [2.24, 2.45) is 0 Å². The summed E-state index contributed by atoms with van der Waals surface area (Å²) < 4.78 is 5.48. The molecule has 0 aliphatic carbocycles. The van der Waals surface area contributed by atoms with Gasteiger partial charge < -0.3 is 20.5 Å². The Labute approximate surface area is 124 Å². The smallest absolute Gasteiger partial charge is 0.336 e. The van der Waals surface area contributed by atoms with Crippen LogP contribution in [0.5, 0.6) is 0 Å². The number of carbonyl (C=O) groups is 2. The maximum Gasteiger partial charge on any atom is 0.336 e. The second-order valence-electron chi connectivity index (χ2n) is 5.34. The summed E-state index contributed by atoms with van der Waals surface area (Å²) in [7, 11) is 0. The van der Waals surface area contributed by atoms with Gasteiger partial charge in [-0.15, -0.1) is 0 Å². The molecule has 1 rings (SSSR count). The maximum absolute atomic E-state index is 11.8. The predicted octanol–water partition coefficient (Wildman–Crippen LogP) is 2.63. The summed E-state index contributed by atoms with van der Waals surface area (Å²) in [4.78, 5) is 22.8. The van der Waals surface area contributed by atoms with Gasteiger partial charge in [0.1, 0.15) is 0 Å². The molecule has 1 aromatic carbocycles. The Morgan fingerprint density at radius 1 is 1.33 bits per heavy atom. The third-order valence-electron chi connectivity index (χ3n) is 2.94. The lowest BCUT2D eigenvalue weighted by Crippen LogP contribution is -2.42. The van der Waals surface area contributed by atoms with Crippen LogP contribution in [0.4, 0.5) is 10.5 Å². The molecule has 0 aliphatic rings. The average Bonchev–Trinajstić information content (AvgIpc) is 2.38.